The second-order valence-electron chi connectivity index (χ2n) is 1.38. The van der Waals surface area contributed by atoms with E-state index in [0.717, 1.165) is 0 Å². The molecule has 4 heteroatoms. The van der Waals surface area contributed by atoms with E-state index in [-0.39, 0.29) is 0 Å². The van der Waals surface area contributed by atoms with Gasteiger partial charge in [-0.1, -0.05) is 0 Å². The number of nitrogens with zero attached hydrogens (tertiary/aromatic N) is 2. The molecule has 4 nitrogen and oxygen atoms in total. The average molecular weight is 114 g/mol. The molecule has 0 unspecified atom stereocenters. The summed E-state index contributed by atoms with van der Waals surface area (Å²) in [5.74, 6) is 0. The number of nitro groups is 1. The molecular weight excluding hydrogens is 108 g/mol. The first kappa shape index (κ1) is 6.76. The second-order valence-corrected chi connectivity index (χ2v) is 1.38. The van der Waals surface area contributed by atoms with Crippen molar-refractivity contribution in [3.63, 3.8) is 0 Å². The van der Waals surface area contributed by atoms with Crippen molar-refractivity contribution in [3.05, 3.63) is 10.1 Å². The van der Waals surface area contributed by atoms with Gasteiger partial charge in [-0.3, -0.25) is 0 Å². The van der Waals surface area contributed by atoms with E-state index >= 15 is 0 Å². The molecule has 0 rings (SSSR count). The standard InChI is InChI=1S/C4H6N2O2/c1-5(2)3-4-6(7)8/h1-2H3. The SMILES string of the molecule is CN(C)C#C[N+](=O)[O-]. The van der Waals surface area contributed by atoms with E-state index in [1.165, 1.54) is 4.90 Å². The summed E-state index contributed by atoms with van der Waals surface area (Å²) >= 11 is 0. The van der Waals surface area contributed by atoms with Crippen molar-refractivity contribution in [2.24, 2.45) is 0 Å². The van der Waals surface area contributed by atoms with Crippen molar-refractivity contribution in [2.45, 2.75) is 0 Å². The molecule has 0 spiro atoms. The Labute approximate surface area is 47.2 Å². The normalized spacial score (nSPS) is 6.75. The lowest BCUT2D eigenvalue weighted by molar-refractivity contribution is -0.379. The fraction of sp³-hybridized carbons (Fsp3) is 0.500. The Morgan fingerprint density at radius 1 is 1.62 bits per heavy atom. The maximum atomic E-state index is 9.51. The zero-order valence-corrected chi connectivity index (χ0v) is 4.71. The minimum atomic E-state index is -0.681. The Morgan fingerprint density at radius 2 is 2.12 bits per heavy atom. The lowest BCUT2D eigenvalue weighted by Crippen LogP contribution is -2.02. The van der Waals surface area contributed by atoms with Crippen LogP contribution in [0.4, 0.5) is 0 Å². The fourth-order valence-electron chi connectivity index (χ4n) is 0.141. The van der Waals surface area contributed by atoms with Crippen molar-refractivity contribution < 1.29 is 4.92 Å². The van der Waals surface area contributed by atoms with Crippen molar-refractivity contribution in [1.82, 2.24) is 4.90 Å². The van der Waals surface area contributed by atoms with Gasteiger partial charge < -0.3 is 4.90 Å². The summed E-state index contributed by atoms with van der Waals surface area (Å²) < 4.78 is 0. The van der Waals surface area contributed by atoms with Crippen LogP contribution >= 0.6 is 0 Å². The molecule has 0 aliphatic rings. The molecule has 0 saturated carbocycles. The van der Waals surface area contributed by atoms with Crippen LogP contribution in [0.1, 0.15) is 0 Å². The molecule has 0 saturated heterocycles. The van der Waals surface area contributed by atoms with Crippen LogP contribution in [0.2, 0.25) is 0 Å². The summed E-state index contributed by atoms with van der Waals surface area (Å²) in [6.07, 6.45) is 0. The first-order valence-corrected chi connectivity index (χ1v) is 1.96. The highest BCUT2D eigenvalue weighted by atomic mass is 16.6. The molecule has 8 heavy (non-hydrogen) atoms. The van der Waals surface area contributed by atoms with E-state index in [4.69, 9.17) is 0 Å². The molecule has 44 valence electrons. The lowest BCUT2D eigenvalue weighted by Gasteiger charge is -1.93. The van der Waals surface area contributed by atoms with Crippen LogP contribution in [-0.4, -0.2) is 23.9 Å². The van der Waals surface area contributed by atoms with Crippen LogP contribution in [0.5, 0.6) is 0 Å². The monoisotopic (exact) mass is 114 g/mol. The molecule has 0 heterocycles. The fourth-order valence-corrected chi connectivity index (χ4v) is 0.141. The number of hydrogen-bond donors (Lipinski definition) is 0. The van der Waals surface area contributed by atoms with Crippen molar-refractivity contribution in [3.8, 4) is 12.1 Å². The number of rotatable bonds is 0. The average Bonchev–Trinajstić information content (AvgIpc) is 1.61. The Morgan fingerprint density at radius 3 is 2.25 bits per heavy atom. The van der Waals surface area contributed by atoms with Gasteiger partial charge in [-0.05, 0) is 0 Å². The molecule has 0 aromatic heterocycles. The number of hydrogen-bond acceptors (Lipinski definition) is 3. The van der Waals surface area contributed by atoms with Crippen LogP contribution in [0.15, 0.2) is 0 Å². The quantitative estimate of drug-likeness (QED) is 0.189. The highest BCUT2D eigenvalue weighted by Gasteiger charge is 1.81. The molecule has 0 atom stereocenters. The highest BCUT2D eigenvalue weighted by molar-refractivity contribution is 4.86. The van der Waals surface area contributed by atoms with Crippen LogP contribution in [0.25, 0.3) is 0 Å². The van der Waals surface area contributed by atoms with Gasteiger partial charge in [0.2, 0.25) is 0 Å². The topological polar surface area (TPSA) is 46.4 Å². The molecule has 0 aromatic rings. The lowest BCUT2D eigenvalue weighted by atomic mass is 10.9. The van der Waals surface area contributed by atoms with Gasteiger partial charge in [0.15, 0.2) is 0 Å². The molecule has 0 aliphatic carbocycles. The minimum absolute atomic E-state index is 0.681. The predicted molar refractivity (Wildman–Crippen MR) is 28.5 cm³/mol. The maximum Gasteiger partial charge on any atom is 0.313 e. The van der Waals surface area contributed by atoms with Crippen LogP contribution < -0.4 is 0 Å². The summed E-state index contributed by atoms with van der Waals surface area (Å²) in [5, 5.41) is 9.51. The molecule has 0 radical (unpaired) electrons. The van der Waals surface area contributed by atoms with Crippen molar-refractivity contribution in [2.75, 3.05) is 14.1 Å². The Hall–Kier alpha value is -1.24. The maximum absolute atomic E-state index is 9.51. The van der Waals surface area contributed by atoms with Gasteiger partial charge in [0.25, 0.3) is 0 Å². The molecule has 0 aliphatic heterocycles. The summed E-state index contributed by atoms with van der Waals surface area (Å²) in [6, 6.07) is 3.97. The van der Waals surface area contributed by atoms with Crippen molar-refractivity contribution >= 4 is 0 Å². The van der Waals surface area contributed by atoms with Crippen LogP contribution in [-0.2, 0) is 0 Å². The third-order valence-corrected chi connectivity index (χ3v) is 0.365. The van der Waals surface area contributed by atoms with E-state index < -0.39 is 4.92 Å². The van der Waals surface area contributed by atoms with Crippen molar-refractivity contribution in [1.29, 1.82) is 0 Å². The van der Waals surface area contributed by atoms with Gasteiger partial charge in [-0.2, -0.15) is 0 Å². The van der Waals surface area contributed by atoms with Crippen LogP contribution in [0, 0.1) is 22.2 Å². The molecule has 0 bridgehead atoms. The molecule has 0 fully saturated rings. The zero-order chi connectivity index (χ0) is 6.57. The molecule has 0 aromatic carbocycles. The predicted octanol–water partition coefficient (Wildman–Crippen LogP) is -0.257. The van der Waals surface area contributed by atoms with E-state index in [1.54, 1.807) is 20.1 Å². The molecule has 0 amide bonds. The van der Waals surface area contributed by atoms with Gasteiger partial charge in [0.1, 0.15) is 4.92 Å². The summed E-state index contributed by atoms with van der Waals surface area (Å²) in [4.78, 5) is 10.2. The summed E-state index contributed by atoms with van der Waals surface area (Å²) in [6.45, 7) is 0. The molecular formula is C4H6N2O2. The van der Waals surface area contributed by atoms with E-state index in [1.807, 2.05) is 0 Å². The summed E-state index contributed by atoms with van der Waals surface area (Å²) in [7, 11) is 3.27. The molecule has 0 N–H and O–H groups in total. The zero-order valence-electron chi connectivity index (χ0n) is 4.71. The largest absolute Gasteiger partial charge is 0.334 e. The highest BCUT2D eigenvalue weighted by Crippen LogP contribution is 1.64. The Balaban J connectivity index is 3.68. The minimum Gasteiger partial charge on any atom is -0.334 e. The van der Waals surface area contributed by atoms with Gasteiger partial charge >= 0.3 is 6.04 Å². The van der Waals surface area contributed by atoms with Crippen LogP contribution in [0.3, 0.4) is 0 Å². The van der Waals surface area contributed by atoms with E-state index in [9.17, 15) is 10.1 Å². The van der Waals surface area contributed by atoms with Gasteiger partial charge in [-0.15, -0.1) is 0 Å². The summed E-state index contributed by atoms with van der Waals surface area (Å²) in [5.41, 5.74) is 0. The Kier molecular flexibility index (Phi) is 2.41. The smallest absolute Gasteiger partial charge is 0.313 e. The van der Waals surface area contributed by atoms with Gasteiger partial charge in [0.05, 0.1) is 6.04 Å². The second kappa shape index (κ2) is 2.86. The first-order chi connectivity index (χ1) is 3.63. The first-order valence-electron chi connectivity index (χ1n) is 1.96. The Bertz CT molecular complexity index is 142. The third-order valence-electron chi connectivity index (χ3n) is 0.365. The van der Waals surface area contributed by atoms with Gasteiger partial charge in [-0.25, -0.2) is 10.1 Å². The van der Waals surface area contributed by atoms with E-state index in [2.05, 4.69) is 6.04 Å². The third kappa shape index (κ3) is 4.76. The van der Waals surface area contributed by atoms with E-state index in [0.29, 0.717) is 0 Å². The van der Waals surface area contributed by atoms with Gasteiger partial charge in [0, 0.05) is 14.1 Å².